The highest BCUT2D eigenvalue weighted by molar-refractivity contribution is 6.31. The predicted molar refractivity (Wildman–Crippen MR) is 203 cm³/mol. The molecule has 0 bridgehead atoms. The van der Waals surface area contributed by atoms with Crippen LogP contribution in [0.3, 0.4) is 0 Å². The minimum atomic E-state index is -1.81. The van der Waals surface area contributed by atoms with Crippen molar-refractivity contribution in [2.75, 3.05) is 21.2 Å². The Hall–Kier alpha value is -4.04. The highest BCUT2D eigenvalue weighted by Crippen LogP contribution is 2.54. The van der Waals surface area contributed by atoms with E-state index in [-0.39, 0.29) is 54.2 Å². The van der Waals surface area contributed by atoms with E-state index < -0.39 is 125 Å². The number of Topliss-reactive ketones (excluding diaryl/α,β-unsaturated/α-hetero) is 1. The van der Waals surface area contributed by atoms with E-state index in [1.165, 1.54) is 6.07 Å². The molecule has 2 aromatic carbocycles. The third-order valence-electron chi connectivity index (χ3n) is 12.5. The molecule has 322 valence electrons. The lowest BCUT2D eigenvalue weighted by Gasteiger charge is -2.48. The van der Waals surface area contributed by atoms with Crippen LogP contribution in [0.15, 0.2) is 18.2 Å². The topological polar surface area (TPSA) is 237 Å². The molecule has 0 aromatic heterocycles. The first kappa shape index (κ1) is 43.1. The molecule has 17 heteroatoms. The number of likely N-dealkylation sites (N-methyl/N-ethyl adjacent to an activating group) is 1. The zero-order valence-electron chi connectivity index (χ0n) is 34.1. The molecule has 0 spiro atoms. The molecule has 2 aromatic rings. The van der Waals surface area contributed by atoms with Crippen LogP contribution in [-0.4, -0.2) is 142 Å². The molecule has 3 aliphatic heterocycles. The molecule has 3 saturated heterocycles. The molecule has 3 heterocycles. The van der Waals surface area contributed by atoms with Crippen molar-refractivity contribution in [1.82, 2.24) is 4.90 Å². The smallest absolute Gasteiger partial charge is 0.316 e. The van der Waals surface area contributed by atoms with Gasteiger partial charge < -0.3 is 63.6 Å². The van der Waals surface area contributed by atoms with Gasteiger partial charge in [-0.1, -0.05) is 6.92 Å². The Labute approximate surface area is 341 Å². The van der Waals surface area contributed by atoms with Crippen molar-refractivity contribution < 1.29 is 77.9 Å². The fourth-order valence-corrected chi connectivity index (χ4v) is 9.33. The molecule has 5 N–H and O–H groups in total. The molecule has 0 saturated carbocycles. The lowest BCUT2D eigenvalue weighted by molar-refractivity contribution is -0.324. The van der Waals surface area contributed by atoms with Crippen LogP contribution in [0.25, 0.3) is 0 Å². The van der Waals surface area contributed by atoms with Crippen LogP contribution in [0.2, 0.25) is 0 Å². The second-order valence-corrected chi connectivity index (χ2v) is 16.4. The van der Waals surface area contributed by atoms with E-state index in [1.807, 2.05) is 19.0 Å². The lowest BCUT2D eigenvalue weighted by Crippen LogP contribution is -2.58. The summed E-state index contributed by atoms with van der Waals surface area (Å²) >= 11 is 0. The molecule has 0 radical (unpaired) electrons. The van der Waals surface area contributed by atoms with Gasteiger partial charge in [0, 0.05) is 49.3 Å². The molecule has 17 nitrogen and oxygen atoms in total. The van der Waals surface area contributed by atoms with Gasteiger partial charge in [0.1, 0.15) is 41.5 Å². The van der Waals surface area contributed by atoms with Crippen molar-refractivity contribution in [2.24, 2.45) is 0 Å². The van der Waals surface area contributed by atoms with E-state index in [0.717, 1.165) is 19.2 Å². The van der Waals surface area contributed by atoms with Crippen LogP contribution >= 0.6 is 0 Å². The summed E-state index contributed by atoms with van der Waals surface area (Å²) in [6.45, 7) is 6.89. The Kier molecular flexibility index (Phi) is 12.0. The number of carbonyl (C=O) groups is 4. The summed E-state index contributed by atoms with van der Waals surface area (Å²) in [5, 5.41) is 56.5. The van der Waals surface area contributed by atoms with Crippen LogP contribution in [-0.2, 0) is 42.7 Å². The van der Waals surface area contributed by atoms with Crippen LogP contribution in [0.4, 0.5) is 0 Å². The Morgan fingerprint density at radius 2 is 1.47 bits per heavy atom. The Morgan fingerprint density at radius 1 is 0.864 bits per heavy atom. The van der Waals surface area contributed by atoms with E-state index in [1.54, 1.807) is 27.7 Å². The van der Waals surface area contributed by atoms with E-state index in [0.29, 0.717) is 12.8 Å². The quantitative estimate of drug-likeness (QED) is 0.154. The summed E-state index contributed by atoms with van der Waals surface area (Å²) in [7, 11) is 4.85. The monoisotopic (exact) mass is 827 g/mol. The summed E-state index contributed by atoms with van der Waals surface area (Å²) < 4.78 is 42.6. The second kappa shape index (κ2) is 16.4. The molecule has 2 aliphatic carbocycles. The summed E-state index contributed by atoms with van der Waals surface area (Å²) in [6.07, 6.45) is -6.99. The van der Waals surface area contributed by atoms with Crippen molar-refractivity contribution >= 4 is 23.3 Å². The lowest BCUT2D eigenvalue weighted by atomic mass is 9.67. The van der Waals surface area contributed by atoms with Crippen molar-refractivity contribution in [3.63, 3.8) is 0 Å². The number of esters is 1. The first-order valence-corrected chi connectivity index (χ1v) is 20.0. The molecule has 13 atom stereocenters. The first-order valence-electron chi connectivity index (χ1n) is 20.0. The zero-order valence-corrected chi connectivity index (χ0v) is 34.1. The third kappa shape index (κ3) is 7.65. The fourth-order valence-electron chi connectivity index (χ4n) is 9.33. The number of hydrogen-bond donors (Lipinski definition) is 5. The number of benzene rings is 2. The largest absolute Gasteiger partial charge is 0.507 e. The van der Waals surface area contributed by atoms with Crippen LogP contribution in [0, 0.1) is 0 Å². The highest BCUT2D eigenvalue weighted by atomic mass is 16.7. The van der Waals surface area contributed by atoms with Gasteiger partial charge in [0.05, 0.1) is 53.8 Å². The number of phenolic OH excluding ortho intramolecular Hbond substituents is 3. The molecule has 3 fully saturated rings. The van der Waals surface area contributed by atoms with E-state index in [9.17, 15) is 44.7 Å². The second-order valence-electron chi connectivity index (χ2n) is 16.4. The molecule has 0 amide bonds. The van der Waals surface area contributed by atoms with Crippen molar-refractivity contribution in [1.29, 1.82) is 0 Å². The molecule has 5 aliphatic rings. The average molecular weight is 828 g/mol. The fraction of sp³-hybridized carbons (Fsp3) is 0.619. The van der Waals surface area contributed by atoms with Gasteiger partial charge in [0.15, 0.2) is 30.4 Å². The molecular weight excluding hydrogens is 774 g/mol. The predicted octanol–water partition coefficient (Wildman–Crippen LogP) is 2.86. The average Bonchev–Trinajstić information content (AvgIpc) is 3.17. The van der Waals surface area contributed by atoms with Gasteiger partial charge in [0.2, 0.25) is 5.78 Å². The summed E-state index contributed by atoms with van der Waals surface area (Å²) in [6, 6.07) is 3.01. The number of nitrogens with zero attached hydrogens (tertiary/aromatic N) is 1. The standard InChI is InChI=1S/C42H53NO16/c1-8-42(52)16-27(31-20(35(42)41(51)53-7)13-21-32(37(31)49)38(50)34-25(46)10-9-24(45)33(34)36(21)48)57-29-14-22(43(5)6)39(18(3)55-29)59-30-15-26(47)40(19(4)56-30)58-28-12-11-23(44)17(2)54-28/h9-10,13,17-19,22,26-30,35,39-40,45-47,49,52H,8,11-12,14-16H2,1-7H3/t17-,18?,19?,22?,26?,27?,28?,29?,30?,35?,39?,40?,42?/m1/s1. The SMILES string of the molecule is CCC1(O)CC(OC2CC(N(C)C)C(OC3CC(O)C(OC4CCC(=O)[C@@H](C)O4)C(C)O3)C(C)O2)c2c(cc3c(c2O)C(=O)c2c(O)ccc(O)c2C3=O)C1C(=O)OC. The maximum Gasteiger partial charge on any atom is 0.316 e. The van der Waals surface area contributed by atoms with E-state index in [2.05, 4.69) is 0 Å². The van der Waals surface area contributed by atoms with Crippen molar-refractivity contribution in [3.8, 4) is 17.2 Å². The number of fused-ring (bicyclic) bond motifs is 3. The van der Waals surface area contributed by atoms with Gasteiger partial charge in [-0.05, 0) is 65.0 Å². The summed E-state index contributed by atoms with van der Waals surface area (Å²) in [4.78, 5) is 55.1. The number of phenols is 3. The van der Waals surface area contributed by atoms with Crippen LogP contribution in [0.5, 0.6) is 17.2 Å². The number of aliphatic hydroxyl groups excluding tert-OH is 1. The first-order chi connectivity index (χ1) is 27.9. The zero-order chi connectivity index (χ0) is 42.8. The molecule has 7 rings (SSSR count). The Balaban J connectivity index is 1.14. The minimum Gasteiger partial charge on any atom is -0.507 e. The van der Waals surface area contributed by atoms with Crippen LogP contribution in [0.1, 0.15) is 121 Å². The van der Waals surface area contributed by atoms with Gasteiger partial charge in [-0.25, -0.2) is 0 Å². The number of ether oxygens (including phenoxy) is 7. The minimum absolute atomic E-state index is 0.00116. The normalized spacial score (nSPS) is 35.9. The maximum atomic E-state index is 14.0. The van der Waals surface area contributed by atoms with Gasteiger partial charge in [0.25, 0.3) is 0 Å². The Morgan fingerprint density at radius 3 is 2.07 bits per heavy atom. The molecular formula is C42H53NO16. The van der Waals surface area contributed by atoms with Crippen molar-refractivity contribution in [3.05, 3.63) is 51.6 Å². The van der Waals surface area contributed by atoms with E-state index in [4.69, 9.17) is 33.2 Å². The van der Waals surface area contributed by atoms with Crippen LogP contribution < -0.4 is 0 Å². The third-order valence-corrected chi connectivity index (χ3v) is 12.5. The Bertz CT molecular complexity index is 1990. The number of rotatable bonds is 9. The maximum absolute atomic E-state index is 14.0. The number of aromatic hydroxyl groups is 3. The van der Waals surface area contributed by atoms with E-state index >= 15 is 0 Å². The molecule has 59 heavy (non-hydrogen) atoms. The number of aliphatic hydroxyl groups is 2. The number of ketones is 3. The number of methoxy groups -OCH3 is 1. The number of carbonyl (C=O) groups excluding carboxylic acids is 4. The van der Waals surface area contributed by atoms with Crippen molar-refractivity contribution in [2.45, 2.75) is 145 Å². The van der Waals surface area contributed by atoms with Gasteiger partial charge >= 0.3 is 5.97 Å². The van der Waals surface area contributed by atoms with Gasteiger partial charge in [-0.3, -0.25) is 19.2 Å². The highest BCUT2D eigenvalue weighted by Gasteiger charge is 2.54. The van der Waals surface area contributed by atoms with Gasteiger partial charge in [-0.15, -0.1) is 0 Å². The molecule has 12 unspecified atom stereocenters. The summed E-state index contributed by atoms with van der Waals surface area (Å²) in [5.74, 6) is -5.90. The number of hydrogen-bond acceptors (Lipinski definition) is 17. The van der Waals surface area contributed by atoms with Gasteiger partial charge in [-0.2, -0.15) is 0 Å². The summed E-state index contributed by atoms with van der Waals surface area (Å²) in [5.41, 5.74) is -3.58.